The number of amidine groups is 1. The van der Waals surface area contributed by atoms with Gasteiger partial charge in [-0.1, -0.05) is 37.7 Å². The first-order valence-corrected chi connectivity index (χ1v) is 8.25. The smallest absolute Gasteiger partial charge is 0.286 e. The van der Waals surface area contributed by atoms with Crippen molar-refractivity contribution in [2.24, 2.45) is 10.3 Å². The molecule has 0 bridgehead atoms. The van der Waals surface area contributed by atoms with Gasteiger partial charge in [0, 0.05) is 5.75 Å². The molecule has 1 aromatic carbocycles. The molecule has 1 N–H and O–H groups in total. The molecule has 1 aliphatic rings. The van der Waals surface area contributed by atoms with Crippen LogP contribution >= 0.6 is 11.8 Å². The van der Waals surface area contributed by atoms with Crippen LogP contribution in [-0.2, 0) is 10.0 Å². The van der Waals surface area contributed by atoms with Gasteiger partial charge in [-0.05, 0) is 24.5 Å². The summed E-state index contributed by atoms with van der Waals surface area (Å²) >= 11 is 1.45. The molecule has 6 heteroatoms. The van der Waals surface area contributed by atoms with Crippen molar-refractivity contribution >= 4 is 32.6 Å². The normalized spacial score (nSPS) is 16.9. The number of hydrogen-bond donors (Lipinski definition) is 1. The summed E-state index contributed by atoms with van der Waals surface area (Å²) in [5, 5.41) is 3.53. The Bertz CT molecular complexity index is 565. The lowest BCUT2D eigenvalue weighted by atomic mass is 10.2. The summed E-state index contributed by atoms with van der Waals surface area (Å²) in [6, 6.07) is 6.83. The zero-order valence-corrected chi connectivity index (χ0v) is 12.0. The summed E-state index contributed by atoms with van der Waals surface area (Å²) in [6.07, 6.45) is 1.03. The molecule has 0 aromatic heterocycles. The van der Waals surface area contributed by atoms with Crippen LogP contribution in [0, 0.1) is 5.92 Å². The molecule has 0 aliphatic carbocycles. The Labute approximate surface area is 112 Å². The van der Waals surface area contributed by atoms with Crippen LogP contribution in [0.5, 0.6) is 0 Å². The van der Waals surface area contributed by atoms with E-state index in [1.807, 2.05) is 6.07 Å². The zero-order chi connectivity index (χ0) is 13.2. The van der Waals surface area contributed by atoms with Crippen LogP contribution in [0.4, 0.5) is 5.69 Å². The number of hydrogen-bond acceptors (Lipinski definition) is 4. The van der Waals surface area contributed by atoms with Crippen molar-refractivity contribution in [3.05, 3.63) is 24.3 Å². The highest BCUT2D eigenvalue weighted by molar-refractivity contribution is 8.14. The van der Waals surface area contributed by atoms with E-state index in [0.717, 1.165) is 12.2 Å². The quantitative estimate of drug-likeness (QED) is 0.927. The van der Waals surface area contributed by atoms with Gasteiger partial charge in [0.05, 0.1) is 5.69 Å². The van der Waals surface area contributed by atoms with Gasteiger partial charge >= 0.3 is 0 Å². The Morgan fingerprint density at radius 1 is 1.33 bits per heavy atom. The van der Waals surface area contributed by atoms with Crippen LogP contribution in [-0.4, -0.2) is 19.3 Å². The first-order chi connectivity index (χ1) is 8.49. The molecule has 2 rings (SSSR count). The van der Waals surface area contributed by atoms with E-state index in [2.05, 4.69) is 23.6 Å². The molecule has 0 amide bonds. The number of para-hydroxylation sites is 1. The van der Waals surface area contributed by atoms with Gasteiger partial charge in [0.1, 0.15) is 4.90 Å². The number of nitrogens with one attached hydrogen (secondary N) is 1. The van der Waals surface area contributed by atoms with E-state index < -0.39 is 10.0 Å². The van der Waals surface area contributed by atoms with Crippen molar-refractivity contribution < 1.29 is 8.42 Å². The predicted octanol–water partition coefficient (Wildman–Crippen LogP) is 2.94. The van der Waals surface area contributed by atoms with Crippen LogP contribution in [0.25, 0.3) is 0 Å². The standard InChI is InChI=1S/C12H16N2O2S2/c1-9(2)7-8-17-12-13-10-5-3-4-6-11(10)18(15,16)14-12/h3-6,9H,7-8H2,1-2H3,(H,13,14). The third-order valence-corrected chi connectivity index (χ3v) is 4.90. The van der Waals surface area contributed by atoms with E-state index >= 15 is 0 Å². The van der Waals surface area contributed by atoms with Gasteiger partial charge in [-0.25, -0.2) is 0 Å². The van der Waals surface area contributed by atoms with Gasteiger partial charge in [0.25, 0.3) is 10.0 Å². The second-order valence-electron chi connectivity index (χ2n) is 4.52. The van der Waals surface area contributed by atoms with E-state index in [-0.39, 0.29) is 4.90 Å². The fourth-order valence-electron chi connectivity index (χ4n) is 1.54. The molecule has 0 atom stereocenters. The molecule has 0 fully saturated rings. The molecule has 1 aromatic rings. The number of nitrogens with zero attached hydrogens (tertiary/aromatic N) is 1. The van der Waals surface area contributed by atoms with Gasteiger partial charge in [-0.3, -0.25) is 0 Å². The average molecular weight is 284 g/mol. The monoisotopic (exact) mass is 284 g/mol. The number of fused-ring (bicyclic) bond motifs is 1. The Balaban J connectivity index is 2.16. The van der Waals surface area contributed by atoms with E-state index in [0.29, 0.717) is 16.8 Å². The lowest BCUT2D eigenvalue weighted by Gasteiger charge is -2.17. The van der Waals surface area contributed by atoms with Gasteiger partial charge in [0.15, 0.2) is 5.17 Å². The topological polar surface area (TPSA) is 58.5 Å². The third-order valence-electron chi connectivity index (χ3n) is 2.54. The number of benzene rings is 1. The van der Waals surface area contributed by atoms with Gasteiger partial charge in [0.2, 0.25) is 0 Å². The molecule has 0 spiro atoms. The van der Waals surface area contributed by atoms with Crippen LogP contribution in [0.15, 0.2) is 33.6 Å². The lowest BCUT2D eigenvalue weighted by Crippen LogP contribution is -2.19. The summed E-state index contributed by atoms with van der Waals surface area (Å²) < 4.78 is 27.7. The molecule has 98 valence electrons. The maximum absolute atomic E-state index is 11.9. The minimum Gasteiger partial charge on any atom is -0.333 e. The number of anilines is 1. The Morgan fingerprint density at radius 3 is 2.78 bits per heavy atom. The van der Waals surface area contributed by atoms with Gasteiger partial charge < -0.3 is 5.32 Å². The summed E-state index contributed by atoms with van der Waals surface area (Å²) in [5.74, 6) is 1.46. The molecule has 0 unspecified atom stereocenters. The molecule has 1 heterocycles. The lowest BCUT2D eigenvalue weighted by molar-refractivity contribution is 0.598. The van der Waals surface area contributed by atoms with Crippen molar-refractivity contribution in [1.82, 2.24) is 0 Å². The van der Waals surface area contributed by atoms with Crippen LogP contribution in [0.1, 0.15) is 20.3 Å². The van der Waals surface area contributed by atoms with Crippen LogP contribution in [0.3, 0.4) is 0 Å². The first kappa shape index (κ1) is 13.4. The molecular formula is C12H16N2O2S2. The summed E-state index contributed by atoms with van der Waals surface area (Å²) in [7, 11) is -3.54. The van der Waals surface area contributed by atoms with Crippen molar-refractivity contribution in [3.8, 4) is 0 Å². The summed E-state index contributed by atoms with van der Waals surface area (Å²) in [4.78, 5) is 0.248. The highest BCUT2D eigenvalue weighted by Crippen LogP contribution is 2.29. The van der Waals surface area contributed by atoms with Crippen molar-refractivity contribution in [2.45, 2.75) is 25.2 Å². The number of rotatable bonds is 3. The maximum Gasteiger partial charge on any atom is 0.286 e. The van der Waals surface area contributed by atoms with E-state index in [1.165, 1.54) is 11.8 Å². The van der Waals surface area contributed by atoms with Crippen molar-refractivity contribution in [2.75, 3.05) is 11.1 Å². The molecule has 4 nitrogen and oxygen atoms in total. The minimum absolute atomic E-state index is 0.248. The Kier molecular flexibility index (Phi) is 3.97. The predicted molar refractivity (Wildman–Crippen MR) is 76.6 cm³/mol. The van der Waals surface area contributed by atoms with Gasteiger partial charge in [-0.15, -0.1) is 4.40 Å². The zero-order valence-electron chi connectivity index (χ0n) is 10.4. The summed E-state index contributed by atoms with van der Waals surface area (Å²) in [5.41, 5.74) is 0.611. The number of sulfonamides is 1. The molecular weight excluding hydrogens is 268 g/mol. The fraction of sp³-hybridized carbons (Fsp3) is 0.417. The number of thioether (sulfide) groups is 1. The van der Waals surface area contributed by atoms with Crippen LogP contribution in [0.2, 0.25) is 0 Å². The van der Waals surface area contributed by atoms with Crippen molar-refractivity contribution in [1.29, 1.82) is 0 Å². The molecule has 18 heavy (non-hydrogen) atoms. The molecule has 1 aliphatic heterocycles. The molecule has 0 saturated carbocycles. The van der Waals surface area contributed by atoms with E-state index in [1.54, 1.807) is 18.2 Å². The SMILES string of the molecule is CC(C)CCSC1=NS(=O)(=O)c2ccccc2N1. The Hall–Kier alpha value is -1.01. The second-order valence-corrected chi connectivity index (χ2v) is 7.18. The fourth-order valence-corrected chi connectivity index (χ4v) is 4.02. The maximum atomic E-state index is 11.9. The molecule has 0 radical (unpaired) electrons. The Morgan fingerprint density at radius 2 is 2.06 bits per heavy atom. The third kappa shape index (κ3) is 3.05. The van der Waals surface area contributed by atoms with Crippen molar-refractivity contribution in [3.63, 3.8) is 0 Å². The summed E-state index contributed by atoms with van der Waals surface area (Å²) in [6.45, 7) is 4.28. The largest absolute Gasteiger partial charge is 0.333 e. The van der Waals surface area contributed by atoms with Gasteiger partial charge in [-0.2, -0.15) is 8.42 Å². The van der Waals surface area contributed by atoms with E-state index in [9.17, 15) is 8.42 Å². The van der Waals surface area contributed by atoms with Crippen LogP contribution < -0.4 is 5.32 Å². The molecule has 0 saturated heterocycles. The highest BCUT2D eigenvalue weighted by Gasteiger charge is 2.24. The average Bonchev–Trinajstić information content (AvgIpc) is 2.27. The second kappa shape index (κ2) is 5.32. The highest BCUT2D eigenvalue weighted by atomic mass is 32.2. The van der Waals surface area contributed by atoms with E-state index in [4.69, 9.17) is 0 Å². The first-order valence-electron chi connectivity index (χ1n) is 5.83. The minimum atomic E-state index is -3.54.